The van der Waals surface area contributed by atoms with E-state index in [9.17, 15) is 18.0 Å². The molecule has 0 aliphatic carbocycles. The first-order chi connectivity index (χ1) is 9.77. The van der Waals surface area contributed by atoms with Gasteiger partial charge in [0.05, 0.1) is 30.4 Å². The van der Waals surface area contributed by atoms with E-state index in [2.05, 4.69) is 15.9 Å². The van der Waals surface area contributed by atoms with Crippen LogP contribution in [0.4, 0.5) is 18.9 Å². The Morgan fingerprint density at radius 1 is 1.48 bits per heavy atom. The van der Waals surface area contributed by atoms with Crippen molar-refractivity contribution >= 4 is 27.6 Å². The first-order valence-corrected chi connectivity index (χ1v) is 7.02. The Labute approximate surface area is 127 Å². The van der Waals surface area contributed by atoms with Crippen LogP contribution in [0.2, 0.25) is 0 Å². The number of halogens is 4. The van der Waals surface area contributed by atoms with Gasteiger partial charge in [-0.15, -0.1) is 0 Å². The van der Waals surface area contributed by atoms with Crippen molar-refractivity contribution < 1.29 is 27.8 Å². The highest BCUT2D eigenvalue weighted by atomic mass is 79.9. The molecule has 1 aromatic carbocycles. The summed E-state index contributed by atoms with van der Waals surface area (Å²) in [5, 5.41) is 8.76. The molecule has 0 spiro atoms. The second kappa shape index (κ2) is 6.23. The van der Waals surface area contributed by atoms with Crippen molar-refractivity contribution in [1.29, 1.82) is 0 Å². The lowest BCUT2D eigenvalue weighted by atomic mass is 10.1. The van der Waals surface area contributed by atoms with E-state index in [1.807, 2.05) is 0 Å². The number of alkyl halides is 3. The summed E-state index contributed by atoms with van der Waals surface area (Å²) in [6.07, 6.45) is -5.31. The van der Waals surface area contributed by atoms with Crippen LogP contribution in [-0.4, -0.2) is 36.9 Å². The van der Waals surface area contributed by atoms with Gasteiger partial charge < -0.3 is 14.7 Å². The van der Waals surface area contributed by atoms with Gasteiger partial charge >= 0.3 is 12.1 Å². The van der Waals surface area contributed by atoms with Crippen molar-refractivity contribution in [3.8, 4) is 0 Å². The maximum Gasteiger partial charge on any atom is 0.418 e. The summed E-state index contributed by atoms with van der Waals surface area (Å²) in [4.78, 5) is 12.2. The third kappa shape index (κ3) is 4.10. The van der Waals surface area contributed by atoms with Gasteiger partial charge in [0.25, 0.3) is 0 Å². The fourth-order valence-corrected chi connectivity index (χ4v) is 2.61. The van der Waals surface area contributed by atoms with Gasteiger partial charge in [-0.2, -0.15) is 13.2 Å². The predicted molar refractivity (Wildman–Crippen MR) is 73.3 cm³/mol. The predicted octanol–water partition coefficient (Wildman–Crippen LogP) is 3.15. The quantitative estimate of drug-likeness (QED) is 0.891. The molecule has 1 heterocycles. The van der Waals surface area contributed by atoms with E-state index >= 15 is 0 Å². The number of hydrogen-bond donors (Lipinski definition) is 1. The van der Waals surface area contributed by atoms with Crippen LogP contribution in [0.1, 0.15) is 12.0 Å². The Hall–Kier alpha value is -1.28. The second-order valence-electron chi connectivity index (χ2n) is 4.70. The summed E-state index contributed by atoms with van der Waals surface area (Å²) in [5.74, 6) is -1.04. The largest absolute Gasteiger partial charge is 0.481 e. The Kier molecular flexibility index (Phi) is 4.77. The lowest BCUT2D eigenvalue weighted by Crippen LogP contribution is -2.44. The van der Waals surface area contributed by atoms with Crippen LogP contribution in [0.15, 0.2) is 22.7 Å². The van der Waals surface area contributed by atoms with Gasteiger partial charge in [0.2, 0.25) is 0 Å². The van der Waals surface area contributed by atoms with Gasteiger partial charge in [0.1, 0.15) is 0 Å². The van der Waals surface area contributed by atoms with Crippen molar-refractivity contribution in [3.63, 3.8) is 0 Å². The number of rotatable bonds is 3. The number of benzene rings is 1. The Morgan fingerprint density at radius 2 is 2.19 bits per heavy atom. The van der Waals surface area contributed by atoms with E-state index in [0.717, 1.165) is 6.07 Å². The van der Waals surface area contributed by atoms with Crippen molar-refractivity contribution in [2.24, 2.45) is 0 Å². The first kappa shape index (κ1) is 16.1. The van der Waals surface area contributed by atoms with Crippen molar-refractivity contribution in [2.75, 3.05) is 24.6 Å². The molecule has 4 nitrogen and oxygen atoms in total. The summed E-state index contributed by atoms with van der Waals surface area (Å²) < 4.78 is 45.0. The monoisotopic (exact) mass is 367 g/mol. The molecule has 1 N–H and O–H groups in total. The maximum absolute atomic E-state index is 13.1. The molecule has 2 rings (SSSR count). The fourth-order valence-electron chi connectivity index (χ4n) is 2.26. The average molecular weight is 368 g/mol. The number of morpholine rings is 1. The SMILES string of the molecule is O=C(O)CC1CN(c2cc(Br)ccc2C(F)(F)F)CCO1. The molecule has 0 amide bonds. The van der Waals surface area contributed by atoms with E-state index in [4.69, 9.17) is 9.84 Å². The van der Waals surface area contributed by atoms with E-state index < -0.39 is 23.8 Å². The van der Waals surface area contributed by atoms with Gasteiger partial charge in [-0.3, -0.25) is 4.79 Å². The van der Waals surface area contributed by atoms with Crippen molar-refractivity contribution in [1.82, 2.24) is 0 Å². The van der Waals surface area contributed by atoms with Gasteiger partial charge in [0, 0.05) is 17.6 Å². The molecular formula is C13H13BrF3NO3. The number of nitrogens with zero attached hydrogens (tertiary/aromatic N) is 1. The molecule has 21 heavy (non-hydrogen) atoms. The van der Waals surface area contributed by atoms with Crippen molar-refractivity contribution in [2.45, 2.75) is 18.7 Å². The molecule has 0 aromatic heterocycles. The number of carboxylic acid groups (broad SMARTS) is 1. The molecule has 0 radical (unpaired) electrons. The van der Waals surface area contributed by atoms with Crippen LogP contribution in [0, 0.1) is 0 Å². The molecule has 8 heteroatoms. The molecule has 1 aliphatic heterocycles. The third-order valence-corrected chi connectivity index (χ3v) is 3.64. The fraction of sp³-hybridized carbons (Fsp3) is 0.462. The van der Waals surface area contributed by atoms with Crippen LogP contribution in [0.25, 0.3) is 0 Å². The average Bonchev–Trinajstić information content (AvgIpc) is 2.36. The van der Waals surface area contributed by atoms with E-state index in [1.54, 1.807) is 0 Å². The second-order valence-corrected chi connectivity index (χ2v) is 5.61. The van der Waals surface area contributed by atoms with Crippen LogP contribution in [0.3, 0.4) is 0 Å². The first-order valence-electron chi connectivity index (χ1n) is 6.22. The molecule has 1 atom stereocenters. The van der Waals surface area contributed by atoms with E-state index in [-0.39, 0.29) is 31.8 Å². The highest BCUT2D eigenvalue weighted by molar-refractivity contribution is 9.10. The minimum absolute atomic E-state index is 0.0376. The molecule has 1 aromatic rings. The number of hydrogen-bond acceptors (Lipinski definition) is 3. The zero-order valence-electron chi connectivity index (χ0n) is 10.9. The summed E-state index contributed by atoms with van der Waals surface area (Å²) in [5.41, 5.74) is -0.697. The smallest absolute Gasteiger partial charge is 0.418 e. The van der Waals surface area contributed by atoms with Gasteiger partial charge in [0.15, 0.2) is 0 Å². The molecule has 1 aliphatic rings. The standard InChI is InChI=1S/C13H13BrF3NO3/c14-8-1-2-10(13(15,16)17)11(5-8)18-3-4-21-9(7-18)6-12(19)20/h1-2,5,9H,3-4,6-7H2,(H,19,20). The minimum atomic E-state index is -4.46. The maximum atomic E-state index is 13.1. The molecule has 0 saturated carbocycles. The highest BCUT2D eigenvalue weighted by Gasteiger charge is 2.36. The topological polar surface area (TPSA) is 49.8 Å². The molecular weight excluding hydrogens is 355 g/mol. The van der Waals surface area contributed by atoms with Crippen LogP contribution in [0.5, 0.6) is 0 Å². The Morgan fingerprint density at radius 3 is 2.81 bits per heavy atom. The molecule has 116 valence electrons. The molecule has 1 unspecified atom stereocenters. The van der Waals surface area contributed by atoms with Crippen molar-refractivity contribution in [3.05, 3.63) is 28.2 Å². The third-order valence-electron chi connectivity index (χ3n) is 3.15. The summed E-state index contributed by atoms with van der Waals surface area (Å²) in [7, 11) is 0. The number of aliphatic carboxylic acids is 1. The highest BCUT2D eigenvalue weighted by Crippen LogP contribution is 2.38. The zero-order chi connectivity index (χ0) is 15.6. The van der Waals surface area contributed by atoms with E-state index in [0.29, 0.717) is 4.47 Å². The lowest BCUT2D eigenvalue weighted by molar-refractivity contribution is -0.141. The number of ether oxygens (including phenoxy) is 1. The summed E-state index contributed by atoms with van der Waals surface area (Å²) in [6.45, 7) is 0.600. The van der Waals surface area contributed by atoms with Gasteiger partial charge in [-0.05, 0) is 18.2 Å². The number of carboxylic acids is 1. The molecule has 0 bridgehead atoms. The summed E-state index contributed by atoms with van der Waals surface area (Å²) >= 11 is 3.17. The zero-order valence-corrected chi connectivity index (χ0v) is 12.4. The van der Waals surface area contributed by atoms with Crippen LogP contribution < -0.4 is 4.90 Å². The number of carbonyl (C=O) groups is 1. The summed E-state index contributed by atoms with van der Waals surface area (Å²) in [6, 6.07) is 3.74. The Balaban J connectivity index is 2.28. The van der Waals surface area contributed by atoms with Crippen LogP contribution in [-0.2, 0) is 15.7 Å². The Bertz CT molecular complexity index is 536. The van der Waals surface area contributed by atoms with Crippen LogP contribution >= 0.6 is 15.9 Å². The number of anilines is 1. The lowest BCUT2D eigenvalue weighted by Gasteiger charge is -2.35. The van der Waals surface area contributed by atoms with Gasteiger partial charge in [-0.25, -0.2) is 0 Å². The normalized spacial score (nSPS) is 19.6. The minimum Gasteiger partial charge on any atom is -0.481 e. The molecule has 1 fully saturated rings. The molecule has 1 saturated heterocycles. The van der Waals surface area contributed by atoms with E-state index in [1.165, 1.54) is 17.0 Å². The van der Waals surface area contributed by atoms with Gasteiger partial charge in [-0.1, -0.05) is 15.9 Å².